The Morgan fingerprint density at radius 3 is 2.21 bits per heavy atom. The Morgan fingerprint density at radius 2 is 1.64 bits per heavy atom. The molecule has 0 bridgehead atoms. The van der Waals surface area contributed by atoms with Crippen molar-refractivity contribution in [3.63, 3.8) is 0 Å². The SMILES string of the molecule is CCc1ccc(N2C(=O)NC(=O)/C(=C/c3ccc(OC(C)C)cc3)C2=O)cc1. The van der Waals surface area contributed by atoms with Crippen molar-refractivity contribution in [1.82, 2.24) is 5.32 Å². The Labute approximate surface area is 163 Å². The standard InChI is InChI=1S/C22H22N2O4/c1-4-15-5-9-17(10-6-15)24-21(26)19(20(25)23-22(24)27)13-16-7-11-18(12-8-16)28-14(2)3/h5-14H,4H2,1-3H3,(H,23,25,27)/b19-13-. The van der Waals surface area contributed by atoms with Crippen LogP contribution in [-0.4, -0.2) is 23.9 Å². The smallest absolute Gasteiger partial charge is 0.335 e. The van der Waals surface area contributed by atoms with Crippen molar-refractivity contribution in [2.75, 3.05) is 4.90 Å². The van der Waals surface area contributed by atoms with E-state index in [9.17, 15) is 14.4 Å². The van der Waals surface area contributed by atoms with Gasteiger partial charge in [-0.15, -0.1) is 0 Å². The number of carbonyl (C=O) groups excluding carboxylic acids is 3. The molecule has 1 heterocycles. The fourth-order valence-corrected chi connectivity index (χ4v) is 2.85. The number of anilines is 1. The summed E-state index contributed by atoms with van der Waals surface area (Å²) in [7, 11) is 0. The molecular formula is C22H22N2O4. The van der Waals surface area contributed by atoms with Gasteiger partial charge >= 0.3 is 6.03 Å². The molecule has 0 spiro atoms. The maximum absolute atomic E-state index is 12.9. The van der Waals surface area contributed by atoms with Gasteiger partial charge < -0.3 is 4.74 Å². The van der Waals surface area contributed by atoms with Crippen LogP contribution in [0.4, 0.5) is 10.5 Å². The van der Waals surface area contributed by atoms with Crippen LogP contribution in [0.2, 0.25) is 0 Å². The van der Waals surface area contributed by atoms with Crippen LogP contribution in [0.15, 0.2) is 54.1 Å². The van der Waals surface area contributed by atoms with Gasteiger partial charge in [-0.05, 0) is 61.7 Å². The van der Waals surface area contributed by atoms with Crippen LogP contribution in [0.25, 0.3) is 6.08 Å². The number of amides is 4. The van der Waals surface area contributed by atoms with Crippen LogP contribution in [0.3, 0.4) is 0 Å². The molecule has 0 unspecified atom stereocenters. The predicted molar refractivity (Wildman–Crippen MR) is 107 cm³/mol. The van der Waals surface area contributed by atoms with Crippen LogP contribution in [-0.2, 0) is 16.0 Å². The number of hydrogen-bond donors (Lipinski definition) is 1. The number of nitrogens with one attached hydrogen (secondary N) is 1. The predicted octanol–water partition coefficient (Wildman–Crippen LogP) is 3.70. The number of carbonyl (C=O) groups is 3. The summed E-state index contributed by atoms with van der Waals surface area (Å²) >= 11 is 0. The maximum atomic E-state index is 12.9. The quantitative estimate of drug-likeness (QED) is 0.636. The third-order valence-electron chi connectivity index (χ3n) is 4.27. The molecular weight excluding hydrogens is 356 g/mol. The molecule has 1 aliphatic heterocycles. The molecule has 1 aliphatic rings. The van der Waals surface area contributed by atoms with Gasteiger partial charge in [0, 0.05) is 0 Å². The molecule has 1 fully saturated rings. The first-order valence-corrected chi connectivity index (χ1v) is 9.16. The Morgan fingerprint density at radius 1 is 1.00 bits per heavy atom. The minimum atomic E-state index is -0.753. The van der Waals surface area contributed by atoms with Crippen LogP contribution >= 0.6 is 0 Å². The van der Waals surface area contributed by atoms with Crippen molar-refractivity contribution in [1.29, 1.82) is 0 Å². The minimum Gasteiger partial charge on any atom is -0.491 e. The molecule has 28 heavy (non-hydrogen) atoms. The highest BCUT2D eigenvalue weighted by Crippen LogP contribution is 2.23. The third-order valence-corrected chi connectivity index (χ3v) is 4.27. The summed E-state index contributed by atoms with van der Waals surface area (Å²) in [5, 5.41) is 2.23. The molecule has 0 radical (unpaired) electrons. The average Bonchev–Trinajstić information content (AvgIpc) is 2.66. The van der Waals surface area contributed by atoms with Gasteiger partial charge in [0.15, 0.2) is 0 Å². The van der Waals surface area contributed by atoms with Gasteiger partial charge in [-0.25, -0.2) is 9.69 Å². The molecule has 144 valence electrons. The van der Waals surface area contributed by atoms with Crippen molar-refractivity contribution >= 4 is 29.6 Å². The van der Waals surface area contributed by atoms with E-state index in [0.717, 1.165) is 16.9 Å². The lowest BCUT2D eigenvalue weighted by molar-refractivity contribution is -0.122. The third kappa shape index (κ3) is 4.11. The number of aryl methyl sites for hydroxylation is 1. The van der Waals surface area contributed by atoms with E-state index in [1.54, 1.807) is 36.4 Å². The zero-order valence-corrected chi connectivity index (χ0v) is 16.1. The largest absolute Gasteiger partial charge is 0.491 e. The number of benzene rings is 2. The minimum absolute atomic E-state index is 0.0496. The van der Waals surface area contributed by atoms with E-state index in [2.05, 4.69) is 5.32 Å². The van der Waals surface area contributed by atoms with Crippen molar-refractivity contribution in [2.45, 2.75) is 33.3 Å². The van der Waals surface area contributed by atoms with Crippen molar-refractivity contribution in [3.05, 3.63) is 65.2 Å². The van der Waals surface area contributed by atoms with Gasteiger partial charge in [0.05, 0.1) is 11.8 Å². The zero-order valence-electron chi connectivity index (χ0n) is 16.1. The second kappa shape index (κ2) is 8.08. The fourth-order valence-electron chi connectivity index (χ4n) is 2.85. The van der Waals surface area contributed by atoms with E-state index in [1.807, 2.05) is 32.9 Å². The van der Waals surface area contributed by atoms with Gasteiger partial charge in [0.25, 0.3) is 11.8 Å². The van der Waals surface area contributed by atoms with Crippen LogP contribution in [0.5, 0.6) is 5.75 Å². The van der Waals surface area contributed by atoms with Crippen molar-refractivity contribution < 1.29 is 19.1 Å². The number of imide groups is 2. The van der Waals surface area contributed by atoms with Gasteiger partial charge in [-0.1, -0.05) is 31.2 Å². The second-order valence-electron chi connectivity index (χ2n) is 6.71. The number of nitrogens with zero attached hydrogens (tertiary/aromatic N) is 1. The second-order valence-corrected chi connectivity index (χ2v) is 6.71. The summed E-state index contributed by atoms with van der Waals surface area (Å²) in [6.07, 6.45) is 2.37. The lowest BCUT2D eigenvalue weighted by Crippen LogP contribution is -2.54. The molecule has 2 aromatic rings. The summed E-state index contributed by atoms with van der Waals surface area (Å²) in [4.78, 5) is 38.3. The highest BCUT2D eigenvalue weighted by atomic mass is 16.5. The van der Waals surface area contributed by atoms with Crippen molar-refractivity contribution in [3.8, 4) is 5.75 Å². The molecule has 0 aliphatic carbocycles. The first kappa shape index (κ1) is 19.4. The normalized spacial score (nSPS) is 15.9. The van der Waals surface area contributed by atoms with E-state index >= 15 is 0 Å². The van der Waals surface area contributed by atoms with Gasteiger partial charge in [0.2, 0.25) is 0 Å². The summed E-state index contributed by atoms with van der Waals surface area (Å²) in [6, 6.07) is 13.4. The molecule has 3 rings (SSSR count). The summed E-state index contributed by atoms with van der Waals surface area (Å²) in [5.41, 5.74) is 2.06. The number of ether oxygens (including phenoxy) is 1. The Bertz CT molecular complexity index is 928. The fraction of sp³-hybridized carbons (Fsp3) is 0.227. The van der Waals surface area contributed by atoms with E-state index in [0.29, 0.717) is 17.0 Å². The molecule has 1 N–H and O–H groups in total. The maximum Gasteiger partial charge on any atom is 0.335 e. The first-order chi connectivity index (χ1) is 13.4. The molecule has 6 nitrogen and oxygen atoms in total. The van der Waals surface area contributed by atoms with Gasteiger partial charge in [-0.2, -0.15) is 0 Å². The van der Waals surface area contributed by atoms with Gasteiger partial charge in [-0.3, -0.25) is 14.9 Å². The lowest BCUT2D eigenvalue weighted by atomic mass is 10.1. The zero-order chi connectivity index (χ0) is 20.3. The van der Waals surface area contributed by atoms with Crippen molar-refractivity contribution in [2.24, 2.45) is 0 Å². The molecule has 2 aromatic carbocycles. The topological polar surface area (TPSA) is 75.7 Å². The Kier molecular flexibility index (Phi) is 5.59. The molecule has 0 atom stereocenters. The van der Waals surface area contributed by atoms with Crippen LogP contribution < -0.4 is 15.0 Å². The highest BCUT2D eigenvalue weighted by molar-refractivity contribution is 6.39. The van der Waals surface area contributed by atoms with E-state index in [-0.39, 0.29) is 11.7 Å². The molecule has 0 saturated carbocycles. The summed E-state index contributed by atoms with van der Waals surface area (Å²) in [5.74, 6) is -0.663. The number of hydrogen-bond acceptors (Lipinski definition) is 4. The molecule has 4 amide bonds. The van der Waals surface area contributed by atoms with E-state index < -0.39 is 17.8 Å². The van der Waals surface area contributed by atoms with E-state index in [1.165, 1.54) is 6.08 Å². The van der Waals surface area contributed by atoms with Gasteiger partial charge in [0.1, 0.15) is 11.3 Å². The molecule has 6 heteroatoms. The lowest BCUT2D eigenvalue weighted by Gasteiger charge is -2.26. The molecule has 0 aromatic heterocycles. The Balaban J connectivity index is 1.89. The van der Waals surface area contributed by atoms with E-state index in [4.69, 9.17) is 4.74 Å². The van der Waals surface area contributed by atoms with Crippen LogP contribution in [0, 0.1) is 0 Å². The number of rotatable bonds is 5. The Hall–Kier alpha value is -3.41. The summed E-state index contributed by atoms with van der Waals surface area (Å²) < 4.78 is 5.59. The number of urea groups is 1. The average molecular weight is 378 g/mol. The summed E-state index contributed by atoms with van der Waals surface area (Å²) in [6.45, 7) is 5.88. The van der Waals surface area contributed by atoms with Crippen LogP contribution in [0.1, 0.15) is 31.9 Å². The molecule has 1 saturated heterocycles. The monoisotopic (exact) mass is 378 g/mol. The highest BCUT2D eigenvalue weighted by Gasteiger charge is 2.36. The first-order valence-electron chi connectivity index (χ1n) is 9.16. The number of barbiturate groups is 1.